The third kappa shape index (κ3) is 4.34. The Bertz CT molecular complexity index is 381. The molecule has 0 aliphatic heterocycles. The van der Waals surface area contributed by atoms with E-state index in [9.17, 15) is 4.79 Å². The number of hydrogen-bond acceptors (Lipinski definition) is 5. The minimum Gasteiger partial charge on any atom is -0.383 e. The molecular formula is C10H17N3O2S. The van der Waals surface area contributed by atoms with Gasteiger partial charge < -0.3 is 15.0 Å². The number of hydrogen-bond donors (Lipinski definition) is 2. The lowest BCUT2D eigenvalue weighted by Crippen LogP contribution is -2.32. The molecule has 1 aromatic rings. The molecule has 1 aromatic heterocycles. The Hall–Kier alpha value is -0.850. The van der Waals surface area contributed by atoms with Crippen molar-refractivity contribution in [3.63, 3.8) is 0 Å². The fourth-order valence-corrected chi connectivity index (χ4v) is 2.22. The monoisotopic (exact) mass is 243 g/mol. The van der Waals surface area contributed by atoms with E-state index in [1.165, 1.54) is 17.8 Å². The Morgan fingerprint density at radius 1 is 1.69 bits per heavy atom. The number of aromatic nitrogens is 2. The van der Waals surface area contributed by atoms with Crippen molar-refractivity contribution in [2.75, 3.05) is 26.5 Å². The molecule has 0 radical (unpaired) electrons. The van der Waals surface area contributed by atoms with E-state index in [2.05, 4.69) is 15.3 Å². The second-order valence-corrected chi connectivity index (χ2v) is 4.45. The van der Waals surface area contributed by atoms with Crippen LogP contribution in [0.3, 0.4) is 0 Å². The summed E-state index contributed by atoms with van der Waals surface area (Å²) in [5, 5.41) is 3.79. The van der Waals surface area contributed by atoms with Gasteiger partial charge in [0.2, 0.25) is 0 Å². The summed E-state index contributed by atoms with van der Waals surface area (Å²) in [5.74, 6) is 0.802. The third-order valence-electron chi connectivity index (χ3n) is 2.05. The number of nitrogens with one attached hydrogen (secondary N) is 2. The summed E-state index contributed by atoms with van der Waals surface area (Å²) >= 11 is 1.51. The van der Waals surface area contributed by atoms with Crippen molar-refractivity contribution in [3.05, 3.63) is 22.1 Å². The van der Waals surface area contributed by atoms with E-state index in [1.807, 2.05) is 14.0 Å². The van der Waals surface area contributed by atoms with E-state index in [1.54, 1.807) is 7.11 Å². The maximum Gasteiger partial charge on any atom is 0.251 e. The van der Waals surface area contributed by atoms with Gasteiger partial charge in [-0.1, -0.05) is 11.8 Å². The fourth-order valence-electron chi connectivity index (χ4n) is 1.22. The maximum atomic E-state index is 11.2. The van der Waals surface area contributed by atoms with Crippen molar-refractivity contribution in [2.45, 2.75) is 18.1 Å². The van der Waals surface area contributed by atoms with Crippen LogP contribution in [0.2, 0.25) is 0 Å². The Morgan fingerprint density at radius 3 is 3.00 bits per heavy atom. The third-order valence-corrected chi connectivity index (χ3v) is 3.08. The van der Waals surface area contributed by atoms with Gasteiger partial charge in [0.1, 0.15) is 0 Å². The van der Waals surface area contributed by atoms with Crippen molar-refractivity contribution in [3.8, 4) is 0 Å². The van der Waals surface area contributed by atoms with Crippen LogP contribution in [0.15, 0.2) is 16.0 Å². The molecule has 0 fully saturated rings. The lowest BCUT2D eigenvalue weighted by atomic mass is 10.4. The zero-order chi connectivity index (χ0) is 12.0. The van der Waals surface area contributed by atoms with Crippen molar-refractivity contribution >= 4 is 11.8 Å². The Morgan fingerprint density at radius 2 is 2.44 bits per heavy atom. The molecule has 0 saturated carbocycles. The van der Waals surface area contributed by atoms with Crippen molar-refractivity contribution in [2.24, 2.45) is 0 Å². The summed E-state index contributed by atoms with van der Waals surface area (Å²) in [5.41, 5.74) is 0.627. The highest BCUT2D eigenvalue weighted by Gasteiger charge is 2.07. The average molecular weight is 243 g/mol. The van der Waals surface area contributed by atoms with E-state index in [-0.39, 0.29) is 11.6 Å². The molecule has 0 aliphatic rings. The van der Waals surface area contributed by atoms with Crippen molar-refractivity contribution in [1.29, 1.82) is 0 Å². The minimum atomic E-state index is -0.109. The van der Waals surface area contributed by atoms with E-state index in [4.69, 9.17) is 4.74 Å². The van der Waals surface area contributed by atoms with Crippen LogP contribution in [-0.4, -0.2) is 42.5 Å². The molecule has 1 atom stereocenters. The SMILES string of the molecule is CNC(COC)CSc1nc(C)cc(=O)[nH]1. The van der Waals surface area contributed by atoms with Crippen LogP contribution in [0.5, 0.6) is 0 Å². The molecular weight excluding hydrogens is 226 g/mol. The summed E-state index contributed by atoms with van der Waals surface area (Å²) in [6.45, 7) is 2.45. The maximum absolute atomic E-state index is 11.2. The highest BCUT2D eigenvalue weighted by Crippen LogP contribution is 2.12. The number of aryl methyl sites for hydroxylation is 1. The molecule has 1 unspecified atom stereocenters. The molecule has 5 nitrogen and oxygen atoms in total. The van der Waals surface area contributed by atoms with Crippen molar-refractivity contribution in [1.82, 2.24) is 15.3 Å². The number of thioether (sulfide) groups is 1. The standard InChI is InChI=1S/C10H17N3O2S/c1-7-4-9(14)13-10(12-7)16-6-8(11-2)5-15-3/h4,8,11H,5-6H2,1-3H3,(H,12,13,14). The molecule has 0 amide bonds. The first-order chi connectivity index (χ1) is 7.65. The first kappa shape index (κ1) is 13.2. The molecule has 6 heteroatoms. The lowest BCUT2D eigenvalue weighted by Gasteiger charge is -2.13. The lowest BCUT2D eigenvalue weighted by molar-refractivity contribution is 0.177. The largest absolute Gasteiger partial charge is 0.383 e. The first-order valence-corrected chi connectivity index (χ1v) is 6.01. The number of nitrogens with zero attached hydrogens (tertiary/aromatic N) is 1. The van der Waals surface area contributed by atoms with Gasteiger partial charge in [0, 0.05) is 30.7 Å². The Balaban J connectivity index is 2.56. The van der Waals surface area contributed by atoms with Gasteiger partial charge in [0.05, 0.1) is 6.61 Å². The second kappa shape index (κ2) is 6.67. The predicted molar refractivity (Wildman–Crippen MR) is 65.0 cm³/mol. The first-order valence-electron chi connectivity index (χ1n) is 5.02. The normalized spacial score (nSPS) is 12.7. The molecule has 1 rings (SSSR count). The molecule has 0 spiro atoms. The quantitative estimate of drug-likeness (QED) is 0.559. The van der Waals surface area contributed by atoms with Gasteiger partial charge in [0.15, 0.2) is 5.16 Å². The van der Waals surface area contributed by atoms with Gasteiger partial charge in [-0.05, 0) is 14.0 Å². The summed E-state index contributed by atoms with van der Waals surface area (Å²) < 4.78 is 5.06. The van der Waals surface area contributed by atoms with Gasteiger partial charge in [-0.25, -0.2) is 4.98 Å². The van der Waals surface area contributed by atoms with Crippen LogP contribution in [0, 0.1) is 6.92 Å². The molecule has 0 aliphatic carbocycles. The number of methoxy groups -OCH3 is 1. The fraction of sp³-hybridized carbons (Fsp3) is 0.600. The van der Waals surface area contributed by atoms with Crippen molar-refractivity contribution < 1.29 is 4.74 Å². The highest BCUT2D eigenvalue weighted by atomic mass is 32.2. The number of rotatable bonds is 6. The smallest absolute Gasteiger partial charge is 0.251 e. The van der Waals surface area contributed by atoms with Crippen LogP contribution >= 0.6 is 11.8 Å². The van der Waals surface area contributed by atoms with Crippen LogP contribution in [0.4, 0.5) is 0 Å². The molecule has 1 heterocycles. The van der Waals surface area contributed by atoms with Gasteiger partial charge in [-0.2, -0.15) is 0 Å². The number of aromatic amines is 1. The second-order valence-electron chi connectivity index (χ2n) is 3.44. The molecule has 0 aromatic carbocycles. The molecule has 0 bridgehead atoms. The van der Waals surface area contributed by atoms with Gasteiger partial charge in [-0.3, -0.25) is 4.79 Å². The van der Waals surface area contributed by atoms with Gasteiger partial charge in [0.25, 0.3) is 5.56 Å². The van der Waals surface area contributed by atoms with Crippen LogP contribution in [0.1, 0.15) is 5.69 Å². The highest BCUT2D eigenvalue weighted by molar-refractivity contribution is 7.99. The van der Waals surface area contributed by atoms with E-state index < -0.39 is 0 Å². The number of ether oxygens (including phenoxy) is 1. The summed E-state index contributed by atoms with van der Waals surface area (Å²) in [6, 6.07) is 1.73. The molecule has 2 N–H and O–H groups in total. The average Bonchev–Trinajstić information content (AvgIpc) is 2.23. The predicted octanol–water partition coefficient (Wildman–Crippen LogP) is 0.405. The Kier molecular flexibility index (Phi) is 5.51. The van der Waals surface area contributed by atoms with E-state index >= 15 is 0 Å². The van der Waals surface area contributed by atoms with E-state index in [0.717, 1.165) is 11.4 Å². The van der Waals surface area contributed by atoms with E-state index in [0.29, 0.717) is 11.8 Å². The zero-order valence-electron chi connectivity index (χ0n) is 9.74. The Labute approximate surface area is 99.0 Å². The van der Waals surface area contributed by atoms with Gasteiger partial charge >= 0.3 is 0 Å². The molecule has 90 valence electrons. The zero-order valence-corrected chi connectivity index (χ0v) is 10.6. The molecule has 0 saturated heterocycles. The molecule has 16 heavy (non-hydrogen) atoms. The summed E-state index contributed by atoms with van der Waals surface area (Å²) in [7, 11) is 3.55. The van der Waals surface area contributed by atoms with Crippen LogP contribution in [-0.2, 0) is 4.74 Å². The number of likely N-dealkylation sites (N-methyl/N-ethyl adjacent to an activating group) is 1. The number of H-pyrrole nitrogens is 1. The topological polar surface area (TPSA) is 67.0 Å². The van der Waals surface area contributed by atoms with Crippen LogP contribution in [0.25, 0.3) is 0 Å². The summed E-state index contributed by atoms with van der Waals surface area (Å²) in [4.78, 5) is 18.1. The van der Waals surface area contributed by atoms with Crippen LogP contribution < -0.4 is 10.9 Å². The summed E-state index contributed by atoms with van der Waals surface area (Å²) in [6.07, 6.45) is 0. The van der Waals surface area contributed by atoms with Gasteiger partial charge in [-0.15, -0.1) is 0 Å². The minimum absolute atomic E-state index is 0.109.